The Morgan fingerprint density at radius 1 is 1.08 bits per heavy atom. The number of methoxy groups -OCH3 is 2. The number of non-ortho nitro benzene ring substituents is 1. The molecule has 3 aromatic carbocycles. The normalized spacial score (nSPS) is 11.6. The Bertz CT molecular complexity index is 1440. The molecular formula is C26H24FN5O5S. The number of thioether (sulfide) groups is 1. The van der Waals surface area contributed by atoms with Gasteiger partial charge in [0, 0.05) is 29.6 Å². The minimum Gasteiger partial charge on any atom is -0.497 e. The van der Waals surface area contributed by atoms with E-state index in [1.165, 1.54) is 50.2 Å². The number of carbonyl (C=O) groups is 1. The largest absolute Gasteiger partial charge is 0.497 e. The van der Waals surface area contributed by atoms with Crippen LogP contribution in [0.2, 0.25) is 0 Å². The SMILES string of the molecule is COc1ccc(C(=O)NC(C)c2nnc(SCc3ccc(F)cc3)n2-c2ccc([N+](=O)[O-])cc2)c(OC)c1. The van der Waals surface area contributed by atoms with E-state index in [2.05, 4.69) is 15.5 Å². The van der Waals surface area contributed by atoms with Gasteiger partial charge in [-0.1, -0.05) is 23.9 Å². The molecule has 0 saturated carbocycles. The van der Waals surface area contributed by atoms with E-state index in [1.54, 1.807) is 54.0 Å². The van der Waals surface area contributed by atoms with Gasteiger partial charge in [-0.15, -0.1) is 10.2 Å². The highest BCUT2D eigenvalue weighted by atomic mass is 32.2. The lowest BCUT2D eigenvalue weighted by Crippen LogP contribution is -2.29. The van der Waals surface area contributed by atoms with Crippen LogP contribution in [0.1, 0.15) is 34.7 Å². The maximum absolute atomic E-state index is 13.3. The maximum Gasteiger partial charge on any atom is 0.269 e. The molecule has 38 heavy (non-hydrogen) atoms. The lowest BCUT2D eigenvalue weighted by Gasteiger charge is -2.17. The van der Waals surface area contributed by atoms with E-state index in [0.717, 1.165) is 5.56 Å². The van der Waals surface area contributed by atoms with Gasteiger partial charge in [0.05, 0.1) is 30.7 Å². The monoisotopic (exact) mass is 537 g/mol. The van der Waals surface area contributed by atoms with Crippen LogP contribution in [-0.2, 0) is 5.75 Å². The quantitative estimate of drug-likeness (QED) is 0.168. The summed E-state index contributed by atoms with van der Waals surface area (Å²) in [5, 5.41) is 23.2. The van der Waals surface area contributed by atoms with Gasteiger partial charge in [0.15, 0.2) is 11.0 Å². The van der Waals surface area contributed by atoms with Gasteiger partial charge < -0.3 is 14.8 Å². The Kier molecular flexibility index (Phi) is 8.22. The number of halogens is 1. The number of nitrogens with one attached hydrogen (secondary N) is 1. The summed E-state index contributed by atoms with van der Waals surface area (Å²) in [6.45, 7) is 1.76. The Morgan fingerprint density at radius 3 is 2.42 bits per heavy atom. The van der Waals surface area contributed by atoms with E-state index in [1.807, 2.05) is 0 Å². The predicted molar refractivity (Wildman–Crippen MR) is 139 cm³/mol. The number of hydrogen-bond acceptors (Lipinski definition) is 8. The van der Waals surface area contributed by atoms with Crippen LogP contribution in [0.15, 0.2) is 71.9 Å². The molecule has 1 atom stereocenters. The summed E-state index contributed by atoms with van der Waals surface area (Å²) in [6.07, 6.45) is 0. The van der Waals surface area contributed by atoms with Gasteiger partial charge in [-0.3, -0.25) is 19.5 Å². The zero-order valence-corrected chi connectivity index (χ0v) is 21.6. The van der Waals surface area contributed by atoms with Crippen molar-refractivity contribution < 1.29 is 23.6 Å². The first-order chi connectivity index (χ1) is 18.3. The summed E-state index contributed by atoms with van der Waals surface area (Å²) >= 11 is 1.36. The molecule has 0 radical (unpaired) electrons. The zero-order valence-electron chi connectivity index (χ0n) is 20.8. The fourth-order valence-corrected chi connectivity index (χ4v) is 4.59. The molecule has 0 aliphatic carbocycles. The molecule has 10 nitrogen and oxygen atoms in total. The van der Waals surface area contributed by atoms with E-state index < -0.39 is 16.9 Å². The highest BCUT2D eigenvalue weighted by Gasteiger charge is 2.23. The number of benzene rings is 3. The summed E-state index contributed by atoms with van der Waals surface area (Å²) in [6, 6.07) is 16.4. The van der Waals surface area contributed by atoms with E-state index in [9.17, 15) is 19.3 Å². The molecule has 196 valence electrons. The van der Waals surface area contributed by atoms with Crippen molar-refractivity contribution in [1.29, 1.82) is 0 Å². The standard InChI is InChI=1S/C26H24FN5O5S/c1-16(28-25(33)22-13-12-21(36-2)14-23(22)37-3)24-29-30-26(38-15-17-4-6-18(27)7-5-17)31(24)19-8-10-20(11-9-19)32(34)35/h4-14,16H,15H2,1-3H3,(H,28,33). The molecule has 0 aliphatic rings. The summed E-state index contributed by atoms with van der Waals surface area (Å²) in [5.41, 5.74) is 1.72. The van der Waals surface area contributed by atoms with E-state index in [0.29, 0.717) is 39.5 Å². The Balaban J connectivity index is 1.64. The summed E-state index contributed by atoms with van der Waals surface area (Å²) in [4.78, 5) is 23.8. The Morgan fingerprint density at radius 2 is 1.79 bits per heavy atom. The van der Waals surface area contributed by atoms with E-state index in [4.69, 9.17) is 9.47 Å². The van der Waals surface area contributed by atoms with Gasteiger partial charge in [0.25, 0.3) is 11.6 Å². The van der Waals surface area contributed by atoms with Crippen molar-refractivity contribution in [3.8, 4) is 17.2 Å². The highest BCUT2D eigenvalue weighted by Crippen LogP contribution is 2.30. The van der Waals surface area contributed by atoms with Crippen LogP contribution in [0, 0.1) is 15.9 Å². The third-order valence-electron chi connectivity index (χ3n) is 5.65. The second-order valence-electron chi connectivity index (χ2n) is 8.13. The van der Waals surface area contributed by atoms with Crippen LogP contribution in [-0.4, -0.2) is 39.8 Å². The van der Waals surface area contributed by atoms with Crippen molar-refractivity contribution in [2.75, 3.05) is 14.2 Å². The topological polar surface area (TPSA) is 121 Å². The van der Waals surface area contributed by atoms with Crippen LogP contribution in [0.3, 0.4) is 0 Å². The van der Waals surface area contributed by atoms with E-state index >= 15 is 0 Å². The summed E-state index contributed by atoms with van der Waals surface area (Å²) in [7, 11) is 2.98. The molecule has 0 bridgehead atoms. The van der Waals surface area contributed by atoms with Crippen LogP contribution in [0.4, 0.5) is 10.1 Å². The van der Waals surface area contributed by atoms with Crippen molar-refractivity contribution >= 4 is 23.4 Å². The zero-order chi connectivity index (χ0) is 27.2. The number of aromatic nitrogens is 3. The lowest BCUT2D eigenvalue weighted by atomic mass is 10.1. The van der Waals surface area contributed by atoms with Gasteiger partial charge in [-0.2, -0.15) is 0 Å². The molecule has 4 aromatic rings. The molecule has 1 heterocycles. The molecule has 1 N–H and O–H groups in total. The smallest absolute Gasteiger partial charge is 0.269 e. The third-order valence-corrected chi connectivity index (χ3v) is 6.65. The third kappa shape index (κ3) is 5.92. The van der Waals surface area contributed by atoms with Crippen molar-refractivity contribution in [3.63, 3.8) is 0 Å². The molecule has 1 amide bonds. The molecule has 0 spiro atoms. The first-order valence-electron chi connectivity index (χ1n) is 11.4. The fraction of sp³-hybridized carbons (Fsp3) is 0.192. The molecule has 0 saturated heterocycles. The molecular weight excluding hydrogens is 513 g/mol. The second-order valence-corrected chi connectivity index (χ2v) is 9.07. The molecule has 1 aromatic heterocycles. The van der Waals surface area contributed by atoms with Gasteiger partial charge >= 0.3 is 0 Å². The van der Waals surface area contributed by atoms with Crippen LogP contribution in [0.25, 0.3) is 5.69 Å². The van der Waals surface area contributed by atoms with Gasteiger partial charge in [0.1, 0.15) is 17.3 Å². The molecule has 12 heteroatoms. The van der Waals surface area contributed by atoms with Crippen LogP contribution in [0.5, 0.6) is 11.5 Å². The average molecular weight is 538 g/mol. The van der Waals surface area contributed by atoms with Gasteiger partial charge in [-0.25, -0.2) is 4.39 Å². The lowest BCUT2D eigenvalue weighted by molar-refractivity contribution is -0.384. The molecule has 0 fully saturated rings. The highest BCUT2D eigenvalue weighted by molar-refractivity contribution is 7.98. The minimum absolute atomic E-state index is 0.0585. The maximum atomic E-state index is 13.3. The summed E-state index contributed by atoms with van der Waals surface area (Å²) < 4.78 is 25.6. The molecule has 1 unspecified atom stereocenters. The first kappa shape index (κ1) is 26.6. The number of carbonyl (C=O) groups excluding carboxylic acids is 1. The van der Waals surface area contributed by atoms with Crippen LogP contribution >= 0.6 is 11.8 Å². The number of nitro groups is 1. The summed E-state index contributed by atoms with van der Waals surface area (Å²) in [5.74, 6) is 1.08. The van der Waals surface area contributed by atoms with E-state index in [-0.39, 0.29) is 11.5 Å². The number of amides is 1. The number of hydrogen-bond donors (Lipinski definition) is 1. The predicted octanol–water partition coefficient (Wildman–Crippen LogP) is 5.12. The minimum atomic E-state index is -0.600. The van der Waals surface area contributed by atoms with Crippen molar-refractivity contribution in [2.45, 2.75) is 23.9 Å². The molecule has 0 aliphatic heterocycles. The number of ether oxygens (including phenoxy) is 2. The van der Waals surface area contributed by atoms with Crippen molar-refractivity contribution in [2.24, 2.45) is 0 Å². The van der Waals surface area contributed by atoms with Crippen molar-refractivity contribution in [1.82, 2.24) is 20.1 Å². The number of nitrogens with zero attached hydrogens (tertiary/aromatic N) is 4. The average Bonchev–Trinajstić information content (AvgIpc) is 3.36. The fourth-order valence-electron chi connectivity index (χ4n) is 3.67. The van der Waals surface area contributed by atoms with Gasteiger partial charge in [-0.05, 0) is 48.9 Å². The number of nitro benzene ring substituents is 1. The second kappa shape index (κ2) is 11.7. The first-order valence-corrected chi connectivity index (χ1v) is 12.4. The Hall–Kier alpha value is -4.45. The van der Waals surface area contributed by atoms with Crippen LogP contribution < -0.4 is 14.8 Å². The Labute approximate surface area is 221 Å². The molecule has 4 rings (SSSR count). The van der Waals surface area contributed by atoms with Gasteiger partial charge in [0.2, 0.25) is 0 Å². The number of rotatable bonds is 10. The van der Waals surface area contributed by atoms with Crippen molar-refractivity contribution in [3.05, 3.63) is 99.6 Å².